The molecule has 0 aromatic heterocycles. The highest BCUT2D eigenvalue weighted by Crippen LogP contribution is 2.21. The highest BCUT2D eigenvalue weighted by Gasteiger charge is 2.16. The molecule has 2 aromatic rings. The molecule has 7 heteroatoms. The molecule has 0 saturated heterocycles. The van der Waals surface area contributed by atoms with E-state index in [9.17, 15) is 13.2 Å². The Labute approximate surface area is 147 Å². The van der Waals surface area contributed by atoms with Crippen LogP contribution in [0.5, 0.6) is 0 Å². The van der Waals surface area contributed by atoms with Gasteiger partial charge >= 0.3 is 0 Å². The monoisotopic (exact) mass is 366 g/mol. The molecule has 0 heterocycles. The Balaban J connectivity index is 2.20. The molecule has 24 heavy (non-hydrogen) atoms. The van der Waals surface area contributed by atoms with E-state index in [2.05, 4.69) is 10.0 Å². The maximum Gasteiger partial charge on any atom is 0.261 e. The zero-order valence-electron chi connectivity index (χ0n) is 13.4. The molecule has 2 rings (SSSR count). The van der Waals surface area contributed by atoms with Gasteiger partial charge in [0.1, 0.15) is 0 Å². The minimum Gasteiger partial charge on any atom is -0.326 e. The van der Waals surface area contributed by atoms with E-state index >= 15 is 0 Å². The summed E-state index contributed by atoms with van der Waals surface area (Å²) in [5, 5.41) is 3.25. The molecule has 0 bridgehead atoms. The number of carbonyl (C=O) groups is 1. The van der Waals surface area contributed by atoms with Gasteiger partial charge < -0.3 is 5.32 Å². The van der Waals surface area contributed by atoms with Gasteiger partial charge in [-0.1, -0.05) is 31.5 Å². The van der Waals surface area contributed by atoms with Crippen molar-refractivity contribution < 1.29 is 13.2 Å². The summed E-state index contributed by atoms with van der Waals surface area (Å²) in [5.74, 6) is -0.282. The fourth-order valence-electron chi connectivity index (χ4n) is 1.92. The second kappa shape index (κ2) is 7.68. The van der Waals surface area contributed by atoms with Crippen molar-refractivity contribution in [3.63, 3.8) is 0 Å². The number of rotatable bonds is 6. The van der Waals surface area contributed by atoms with Crippen LogP contribution in [0.3, 0.4) is 0 Å². The molecule has 0 radical (unpaired) electrons. The molecule has 0 fully saturated rings. The number of anilines is 2. The zero-order chi connectivity index (χ0) is 17.7. The lowest BCUT2D eigenvalue weighted by atomic mass is 10.1. The van der Waals surface area contributed by atoms with Crippen molar-refractivity contribution in [1.82, 2.24) is 0 Å². The van der Waals surface area contributed by atoms with Crippen LogP contribution in [0, 0.1) is 5.92 Å². The van der Waals surface area contributed by atoms with Crippen molar-refractivity contribution in [3.8, 4) is 0 Å². The van der Waals surface area contributed by atoms with E-state index in [1.807, 2.05) is 13.8 Å². The third-order valence-corrected chi connectivity index (χ3v) is 5.20. The molecular formula is C17H19ClN2O3S. The molecule has 0 aliphatic carbocycles. The minimum atomic E-state index is -3.75. The molecule has 2 N–H and O–H groups in total. The van der Waals surface area contributed by atoms with Gasteiger partial charge in [0.15, 0.2) is 0 Å². The Morgan fingerprint density at radius 1 is 1.12 bits per heavy atom. The van der Waals surface area contributed by atoms with Crippen molar-refractivity contribution in [2.75, 3.05) is 10.0 Å². The van der Waals surface area contributed by atoms with Crippen molar-refractivity contribution in [2.45, 2.75) is 25.2 Å². The number of hydrogen-bond donors (Lipinski definition) is 2. The van der Waals surface area contributed by atoms with Gasteiger partial charge in [0.2, 0.25) is 5.91 Å². The predicted octanol–water partition coefficient (Wildman–Crippen LogP) is 4.13. The Kier molecular flexibility index (Phi) is 5.85. The molecule has 2 aromatic carbocycles. The largest absolute Gasteiger partial charge is 0.326 e. The van der Waals surface area contributed by atoms with Gasteiger partial charge in [0, 0.05) is 22.3 Å². The Bertz CT molecular complexity index is 820. The summed E-state index contributed by atoms with van der Waals surface area (Å²) in [6.07, 6.45) is 0.710. The Hall–Kier alpha value is -2.05. The Morgan fingerprint density at radius 3 is 2.42 bits per heavy atom. The lowest BCUT2D eigenvalue weighted by Gasteiger charge is -2.12. The first-order valence-corrected chi connectivity index (χ1v) is 9.37. The van der Waals surface area contributed by atoms with E-state index in [1.54, 1.807) is 36.4 Å². The van der Waals surface area contributed by atoms with Gasteiger partial charge in [-0.15, -0.1) is 0 Å². The van der Waals surface area contributed by atoms with E-state index in [0.717, 1.165) is 0 Å². The zero-order valence-corrected chi connectivity index (χ0v) is 15.0. The minimum absolute atomic E-state index is 0.0689. The molecule has 0 saturated carbocycles. The molecule has 128 valence electrons. The van der Waals surface area contributed by atoms with Crippen molar-refractivity contribution >= 4 is 38.9 Å². The standard InChI is InChI=1S/C17H19ClN2O3S/c1-3-12(2)17(21)19-15-5-4-6-16(11-15)24(22,23)20-14-9-7-13(18)8-10-14/h4-12,20H,3H2,1-2H3,(H,19,21). The molecular weight excluding hydrogens is 348 g/mol. The van der Waals surface area contributed by atoms with Crippen molar-refractivity contribution in [2.24, 2.45) is 5.92 Å². The van der Waals surface area contributed by atoms with Crippen LogP contribution < -0.4 is 10.0 Å². The van der Waals surface area contributed by atoms with Gasteiger partial charge in [-0.2, -0.15) is 0 Å². The topological polar surface area (TPSA) is 75.3 Å². The lowest BCUT2D eigenvalue weighted by Crippen LogP contribution is -2.20. The molecule has 0 aliphatic heterocycles. The van der Waals surface area contributed by atoms with Gasteiger partial charge in [-0.25, -0.2) is 8.42 Å². The number of amides is 1. The second-order valence-electron chi connectivity index (χ2n) is 5.44. The van der Waals surface area contributed by atoms with E-state index in [1.165, 1.54) is 12.1 Å². The van der Waals surface area contributed by atoms with Crippen molar-refractivity contribution in [1.29, 1.82) is 0 Å². The number of nitrogens with one attached hydrogen (secondary N) is 2. The third-order valence-electron chi connectivity index (χ3n) is 3.57. The second-order valence-corrected chi connectivity index (χ2v) is 7.56. The normalized spacial score (nSPS) is 12.5. The summed E-state index contributed by atoms with van der Waals surface area (Å²) in [4.78, 5) is 12.0. The fraction of sp³-hybridized carbons (Fsp3) is 0.235. The number of halogens is 1. The first-order chi connectivity index (χ1) is 11.3. The van der Waals surface area contributed by atoms with Crippen LogP contribution in [0.4, 0.5) is 11.4 Å². The van der Waals surface area contributed by atoms with Gasteiger partial charge in [0.25, 0.3) is 10.0 Å². The van der Waals surface area contributed by atoms with Gasteiger partial charge in [0.05, 0.1) is 4.90 Å². The first kappa shape index (κ1) is 18.3. The molecule has 5 nitrogen and oxygen atoms in total. The Morgan fingerprint density at radius 2 is 1.79 bits per heavy atom. The maximum atomic E-state index is 12.5. The maximum absolute atomic E-state index is 12.5. The molecule has 0 aliphatic rings. The molecule has 1 unspecified atom stereocenters. The summed E-state index contributed by atoms with van der Waals surface area (Å²) in [7, 11) is -3.75. The number of carbonyl (C=O) groups excluding carboxylic acids is 1. The van der Waals surface area contributed by atoms with E-state index < -0.39 is 10.0 Å². The summed E-state index contributed by atoms with van der Waals surface area (Å²) in [5.41, 5.74) is 0.854. The van der Waals surface area contributed by atoms with Crippen LogP contribution in [-0.4, -0.2) is 14.3 Å². The fourth-order valence-corrected chi connectivity index (χ4v) is 3.15. The van der Waals surface area contributed by atoms with E-state index in [0.29, 0.717) is 22.8 Å². The van der Waals surface area contributed by atoms with Crippen LogP contribution in [0.2, 0.25) is 5.02 Å². The first-order valence-electron chi connectivity index (χ1n) is 7.51. The van der Waals surface area contributed by atoms with Gasteiger partial charge in [-0.3, -0.25) is 9.52 Å². The van der Waals surface area contributed by atoms with Crippen LogP contribution >= 0.6 is 11.6 Å². The molecule has 1 atom stereocenters. The smallest absolute Gasteiger partial charge is 0.261 e. The highest BCUT2D eigenvalue weighted by atomic mass is 35.5. The van der Waals surface area contributed by atoms with Gasteiger partial charge in [-0.05, 0) is 48.9 Å². The number of benzene rings is 2. The average Bonchev–Trinajstić information content (AvgIpc) is 2.56. The molecule has 1 amide bonds. The van der Waals surface area contributed by atoms with Crippen LogP contribution in [-0.2, 0) is 14.8 Å². The predicted molar refractivity (Wildman–Crippen MR) is 96.8 cm³/mol. The lowest BCUT2D eigenvalue weighted by molar-refractivity contribution is -0.119. The van der Waals surface area contributed by atoms with Crippen LogP contribution in [0.1, 0.15) is 20.3 Å². The van der Waals surface area contributed by atoms with E-state index in [-0.39, 0.29) is 16.7 Å². The molecule has 0 spiro atoms. The van der Waals surface area contributed by atoms with Crippen molar-refractivity contribution in [3.05, 3.63) is 53.6 Å². The van der Waals surface area contributed by atoms with Crippen LogP contribution in [0.15, 0.2) is 53.4 Å². The quantitative estimate of drug-likeness (QED) is 0.807. The third kappa shape index (κ3) is 4.72. The summed E-state index contributed by atoms with van der Waals surface area (Å²) in [6, 6.07) is 12.5. The highest BCUT2D eigenvalue weighted by molar-refractivity contribution is 7.92. The van der Waals surface area contributed by atoms with E-state index in [4.69, 9.17) is 11.6 Å². The summed E-state index contributed by atoms with van der Waals surface area (Å²) < 4.78 is 27.4. The number of sulfonamides is 1. The SMILES string of the molecule is CCC(C)C(=O)Nc1cccc(S(=O)(=O)Nc2ccc(Cl)cc2)c1. The average molecular weight is 367 g/mol. The number of hydrogen-bond acceptors (Lipinski definition) is 3. The summed E-state index contributed by atoms with van der Waals surface area (Å²) in [6.45, 7) is 3.74. The van der Waals surface area contributed by atoms with Crippen LogP contribution in [0.25, 0.3) is 0 Å². The summed E-state index contributed by atoms with van der Waals surface area (Å²) >= 11 is 5.79.